The fraction of sp³-hybridized carbons (Fsp3) is 0.500. The van der Waals surface area contributed by atoms with Gasteiger partial charge in [0.05, 0.1) is 7.11 Å². The van der Waals surface area contributed by atoms with E-state index in [0.717, 1.165) is 11.3 Å². The number of aromatic nitrogens is 3. The molecule has 1 saturated heterocycles. The summed E-state index contributed by atoms with van der Waals surface area (Å²) >= 11 is 1.44. The maximum Gasteiger partial charge on any atom is 0.258 e. The van der Waals surface area contributed by atoms with E-state index in [0.29, 0.717) is 18.2 Å². The van der Waals surface area contributed by atoms with E-state index in [-0.39, 0.29) is 29.8 Å². The van der Waals surface area contributed by atoms with Crippen molar-refractivity contribution in [3.8, 4) is 11.8 Å². The molecule has 26 heavy (non-hydrogen) atoms. The van der Waals surface area contributed by atoms with Gasteiger partial charge in [0, 0.05) is 43.5 Å². The van der Waals surface area contributed by atoms with Gasteiger partial charge in [-0.1, -0.05) is 0 Å². The zero-order valence-corrected chi connectivity index (χ0v) is 15.5. The van der Waals surface area contributed by atoms with Crippen molar-refractivity contribution in [3.63, 3.8) is 0 Å². The van der Waals surface area contributed by atoms with Gasteiger partial charge >= 0.3 is 0 Å². The largest absolute Gasteiger partial charge is 0.479 e. The molecule has 1 fully saturated rings. The van der Waals surface area contributed by atoms with Crippen LogP contribution in [0.3, 0.4) is 0 Å². The summed E-state index contributed by atoms with van der Waals surface area (Å²) in [6.45, 7) is 4.87. The molecule has 2 aromatic rings. The highest BCUT2D eigenvalue weighted by Gasteiger charge is 2.32. The Balaban J connectivity index is 1.61. The van der Waals surface area contributed by atoms with E-state index in [1.54, 1.807) is 6.20 Å². The number of rotatable bonds is 6. The van der Waals surface area contributed by atoms with Crippen LogP contribution in [0.1, 0.15) is 25.1 Å². The molecule has 2 atom stereocenters. The zero-order valence-electron chi connectivity index (χ0n) is 14.7. The van der Waals surface area contributed by atoms with Crippen LogP contribution in [-0.2, 0) is 11.3 Å². The fourth-order valence-corrected chi connectivity index (χ4v) is 3.75. The second kappa shape index (κ2) is 7.92. The van der Waals surface area contributed by atoms with Gasteiger partial charge in [-0.2, -0.15) is 14.4 Å². The lowest BCUT2D eigenvalue weighted by molar-refractivity contribution is -0.114. The lowest BCUT2D eigenvalue weighted by Gasteiger charge is -2.19. The number of carbonyl (C=O) groups is 1. The molecule has 140 valence electrons. The highest BCUT2D eigenvalue weighted by Crippen LogP contribution is 2.28. The fourth-order valence-electron chi connectivity index (χ4n) is 2.86. The highest BCUT2D eigenvalue weighted by molar-refractivity contribution is 7.15. The predicted molar refractivity (Wildman–Crippen MR) is 93.9 cm³/mol. The van der Waals surface area contributed by atoms with E-state index in [9.17, 15) is 9.18 Å². The summed E-state index contributed by atoms with van der Waals surface area (Å²) < 4.78 is 24.7. The van der Waals surface area contributed by atoms with Gasteiger partial charge in [0.2, 0.25) is 11.7 Å². The van der Waals surface area contributed by atoms with Gasteiger partial charge in [0.25, 0.3) is 11.8 Å². The summed E-state index contributed by atoms with van der Waals surface area (Å²) in [5.41, 5.74) is 0. The predicted octanol–water partition coefficient (Wildman–Crippen LogP) is 2.08. The Labute approximate surface area is 154 Å². The molecular formula is C16H20FN5O3S. The van der Waals surface area contributed by atoms with Crippen molar-refractivity contribution in [1.29, 1.82) is 0 Å². The lowest BCUT2D eigenvalue weighted by atomic mass is 10.2. The van der Waals surface area contributed by atoms with E-state index in [1.165, 1.54) is 31.7 Å². The second-order valence-corrected chi connectivity index (χ2v) is 7.18. The normalized spacial score (nSPS) is 20.2. The summed E-state index contributed by atoms with van der Waals surface area (Å²) in [5, 5.41) is 3.26. The van der Waals surface area contributed by atoms with Crippen molar-refractivity contribution >= 4 is 22.4 Å². The molecule has 0 saturated carbocycles. The number of methoxy groups -OCH3 is 1. The maximum absolute atomic E-state index is 14.1. The zero-order chi connectivity index (χ0) is 18.7. The molecule has 0 unspecified atom stereocenters. The van der Waals surface area contributed by atoms with Crippen LogP contribution in [0.25, 0.3) is 0 Å². The number of carbonyl (C=O) groups excluding carboxylic acids is 1. The number of thiazole rings is 1. The minimum absolute atomic E-state index is 0.0957. The first-order valence-electron chi connectivity index (χ1n) is 8.13. The van der Waals surface area contributed by atoms with Crippen molar-refractivity contribution in [3.05, 3.63) is 23.2 Å². The van der Waals surface area contributed by atoms with Crippen molar-refractivity contribution < 1.29 is 18.7 Å². The number of likely N-dealkylation sites (tertiary alicyclic amines) is 1. The minimum Gasteiger partial charge on any atom is -0.479 e. The third kappa shape index (κ3) is 4.25. The Bertz CT molecular complexity index is 787. The molecule has 0 aromatic carbocycles. The van der Waals surface area contributed by atoms with Gasteiger partial charge < -0.3 is 14.8 Å². The number of hydrogen-bond acceptors (Lipinski definition) is 8. The Kier molecular flexibility index (Phi) is 5.62. The topological polar surface area (TPSA) is 89.5 Å². The van der Waals surface area contributed by atoms with Crippen LogP contribution in [0, 0.1) is 5.82 Å². The number of nitrogens with one attached hydrogen (secondary N) is 1. The number of hydrogen-bond donors (Lipinski definition) is 1. The molecule has 1 aliphatic heterocycles. The van der Waals surface area contributed by atoms with Gasteiger partial charge in [-0.05, 0) is 6.92 Å². The number of nitrogens with zero attached hydrogens (tertiary/aromatic N) is 4. The third-order valence-electron chi connectivity index (χ3n) is 4.06. The van der Waals surface area contributed by atoms with Crippen molar-refractivity contribution in [1.82, 2.24) is 19.9 Å². The van der Waals surface area contributed by atoms with Crippen molar-refractivity contribution in [2.24, 2.45) is 0 Å². The average Bonchev–Trinajstić information content (AvgIpc) is 3.16. The van der Waals surface area contributed by atoms with Crippen LogP contribution in [0.4, 0.5) is 9.52 Å². The van der Waals surface area contributed by atoms with Gasteiger partial charge in [0.1, 0.15) is 12.4 Å². The Morgan fingerprint density at radius 2 is 2.19 bits per heavy atom. The smallest absolute Gasteiger partial charge is 0.258 e. The molecule has 2 aromatic heterocycles. The molecule has 3 rings (SSSR count). The Hall–Kier alpha value is -2.33. The van der Waals surface area contributed by atoms with Gasteiger partial charge in [-0.25, -0.2) is 4.98 Å². The summed E-state index contributed by atoms with van der Waals surface area (Å²) in [6, 6.07) is 0.262. The summed E-state index contributed by atoms with van der Waals surface area (Å²) in [4.78, 5) is 26.1. The molecule has 8 nitrogen and oxygen atoms in total. The molecule has 0 radical (unpaired) electrons. The molecule has 3 heterocycles. The SMILES string of the molecule is COc1ncnc(O[C@@H]2C[C@H](C)N(Cc3cnc(NC(C)=O)s3)C2)c1F. The van der Waals surface area contributed by atoms with E-state index in [4.69, 9.17) is 9.47 Å². The van der Waals surface area contributed by atoms with Crippen LogP contribution < -0.4 is 14.8 Å². The van der Waals surface area contributed by atoms with Crippen LogP contribution in [0.15, 0.2) is 12.5 Å². The lowest BCUT2D eigenvalue weighted by Crippen LogP contribution is -2.27. The van der Waals surface area contributed by atoms with Crippen molar-refractivity contribution in [2.75, 3.05) is 19.0 Å². The highest BCUT2D eigenvalue weighted by atomic mass is 32.1. The second-order valence-electron chi connectivity index (χ2n) is 6.07. The molecular weight excluding hydrogens is 361 g/mol. The number of amides is 1. The van der Waals surface area contributed by atoms with E-state index < -0.39 is 5.82 Å². The number of anilines is 1. The van der Waals surface area contributed by atoms with Crippen LogP contribution in [0.2, 0.25) is 0 Å². The molecule has 1 amide bonds. The van der Waals surface area contributed by atoms with Gasteiger partial charge in [-0.3, -0.25) is 9.69 Å². The molecule has 1 N–H and O–H groups in total. The third-order valence-corrected chi connectivity index (χ3v) is 4.96. The molecule has 0 spiro atoms. The van der Waals surface area contributed by atoms with Crippen LogP contribution in [-0.4, -0.2) is 51.6 Å². The molecule has 0 aliphatic carbocycles. The quantitative estimate of drug-likeness (QED) is 0.819. The average molecular weight is 381 g/mol. The van der Waals surface area contributed by atoms with Crippen LogP contribution >= 0.6 is 11.3 Å². The first-order valence-corrected chi connectivity index (χ1v) is 8.95. The Morgan fingerprint density at radius 3 is 2.92 bits per heavy atom. The van der Waals surface area contributed by atoms with Crippen LogP contribution in [0.5, 0.6) is 11.8 Å². The summed E-state index contributed by atoms with van der Waals surface area (Å²) in [7, 11) is 1.35. The Morgan fingerprint density at radius 1 is 1.42 bits per heavy atom. The minimum atomic E-state index is -0.691. The van der Waals surface area contributed by atoms with E-state index >= 15 is 0 Å². The maximum atomic E-state index is 14.1. The molecule has 0 bridgehead atoms. The molecule has 1 aliphatic rings. The summed E-state index contributed by atoms with van der Waals surface area (Å²) in [6.07, 6.45) is 3.55. The summed E-state index contributed by atoms with van der Waals surface area (Å²) in [5.74, 6) is -1.06. The standard InChI is InChI=1S/C16H20FN5O3S/c1-9-4-11(25-15-13(17)14(24-3)19-8-20-15)6-22(9)7-12-5-18-16(26-12)21-10(2)23/h5,8-9,11H,4,6-7H2,1-3H3,(H,18,21,23)/t9-,11+/m0/s1. The first-order chi connectivity index (χ1) is 12.5. The number of halogens is 1. The van der Waals surface area contributed by atoms with E-state index in [2.05, 4.69) is 32.1 Å². The number of ether oxygens (including phenoxy) is 2. The van der Waals surface area contributed by atoms with Gasteiger partial charge in [-0.15, -0.1) is 11.3 Å². The molecule has 10 heteroatoms. The monoisotopic (exact) mass is 381 g/mol. The van der Waals surface area contributed by atoms with E-state index in [1.807, 2.05) is 0 Å². The first kappa shape index (κ1) is 18.5. The van der Waals surface area contributed by atoms with Gasteiger partial charge in [0.15, 0.2) is 5.13 Å². The van der Waals surface area contributed by atoms with Crippen molar-refractivity contribution in [2.45, 2.75) is 39.0 Å².